The number of aryl methyl sites for hydroxylation is 1. The van der Waals surface area contributed by atoms with Gasteiger partial charge in [0.15, 0.2) is 0 Å². The van der Waals surface area contributed by atoms with Gasteiger partial charge in [0, 0.05) is 43.2 Å². The minimum atomic E-state index is -4.28. The molecule has 2 aromatic carbocycles. The third-order valence-corrected chi connectivity index (χ3v) is 7.75. The first-order valence-corrected chi connectivity index (χ1v) is 13.0. The molecule has 1 heterocycles. The molecule has 1 N–H and O–H groups in total. The molecule has 1 saturated heterocycles. The van der Waals surface area contributed by atoms with Crippen molar-refractivity contribution in [2.24, 2.45) is 0 Å². The number of nitrogens with one attached hydrogen (secondary N) is 1. The fourth-order valence-corrected chi connectivity index (χ4v) is 5.33. The van der Waals surface area contributed by atoms with Crippen molar-refractivity contribution in [2.45, 2.75) is 37.0 Å². The molecule has 0 spiro atoms. The lowest BCUT2D eigenvalue weighted by atomic mass is 10.1. The topological polar surface area (TPSA) is 104 Å². The number of amides is 3. The van der Waals surface area contributed by atoms with Gasteiger partial charge in [0.05, 0.1) is 4.90 Å². The molecule has 0 unspecified atom stereocenters. The van der Waals surface area contributed by atoms with Crippen LogP contribution in [0.5, 0.6) is 0 Å². The quantitative estimate of drug-likeness (QED) is 0.623. The van der Waals surface area contributed by atoms with Crippen molar-refractivity contribution in [3.63, 3.8) is 0 Å². The number of halogens is 1. The Morgan fingerprint density at radius 3 is 2.21 bits per heavy atom. The maximum absolute atomic E-state index is 13.4. The minimum absolute atomic E-state index is 0.00712. The predicted octanol–water partition coefficient (Wildman–Crippen LogP) is 2.65. The van der Waals surface area contributed by atoms with Crippen LogP contribution >= 0.6 is 11.6 Å². The Kier molecular flexibility index (Phi) is 8.33. The maximum Gasteiger partial charge on any atom is 0.261 e. The highest BCUT2D eigenvalue weighted by Gasteiger charge is 2.39. The number of carbonyl (C=O) groups is 3. The molecule has 1 atom stereocenters. The summed E-state index contributed by atoms with van der Waals surface area (Å²) in [6.07, 6.45) is 1.15. The molecule has 1 aliphatic heterocycles. The zero-order valence-electron chi connectivity index (χ0n) is 19.2. The number of nitrogens with zero attached hydrogens (tertiary/aromatic N) is 2. The van der Waals surface area contributed by atoms with Crippen molar-refractivity contribution in [1.82, 2.24) is 15.1 Å². The molecule has 34 heavy (non-hydrogen) atoms. The molecule has 1 fully saturated rings. The summed E-state index contributed by atoms with van der Waals surface area (Å²) in [5, 5.41) is 0.960. The zero-order valence-corrected chi connectivity index (χ0v) is 20.7. The van der Waals surface area contributed by atoms with Crippen molar-refractivity contribution < 1.29 is 22.8 Å². The van der Waals surface area contributed by atoms with Crippen molar-refractivity contribution in [3.05, 3.63) is 64.7 Å². The number of carbonyl (C=O) groups excluding carboxylic acids is 3. The molecule has 10 heteroatoms. The Balaban J connectivity index is 1.87. The van der Waals surface area contributed by atoms with E-state index in [9.17, 15) is 22.8 Å². The van der Waals surface area contributed by atoms with E-state index in [1.807, 2.05) is 19.9 Å². The fraction of sp³-hybridized carbons (Fsp3) is 0.375. The smallest absolute Gasteiger partial charge is 0.261 e. The Morgan fingerprint density at radius 2 is 1.62 bits per heavy atom. The molecule has 3 amide bonds. The fourth-order valence-electron chi connectivity index (χ4n) is 3.74. The zero-order chi connectivity index (χ0) is 24.9. The van der Waals surface area contributed by atoms with Gasteiger partial charge in [-0.3, -0.25) is 14.4 Å². The lowest BCUT2D eigenvalue weighted by Gasteiger charge is -2.36. The number of sulfone groups is 1. The highest BCUT2D eigenvalue weighted by atomic mass is 35.5. The normalized spacial score (nSPS) is 15.0. The van der Waals surface area contributed by atoms with Gasteiger partial charge in [-0.15, -0.1) is 0 Å². The lowest BCUT2D eigenvalue weighted by Crippen LogP contribution is -2.57. The van der Waals surface area contributed by atoms with E-state index in [0.717, 1.165) is 12.0 Å². The first-order chi connectivity index (χ1) is 16.1. The second-order valence-corrected chi connectivity index (χ2v) is 10.6. The first kappa shape index (κ1) is 25.7. The molecule has 0 aromatic heterocycles. The summed E-state index contributed by atoms with van der Waals surface area (Å²) in [5.41, 5.74) is 1.07. The maximum atomic E-state index is 13.4. The van der Waals surface area contributed by atoms with Gasteiger partial charge in [0.25, 0.3) is 11.8 Å². The van der Waals surface area contributed by atoms with Crippen LogP contribution in [0.25, 0.3) is 0 Å². The van der Waals surface area contributed by atoms with E-state index >= 15 is 0 Å². The van der Waals surface area contributed by atoms with Crippen LogP contribution in [0.4, 0.5) is 0 Å². The third kappa shape index (κ3) is 5.95. The number of hydrogen-bond acceptors (Lipinski definition) is 5. The van der Waals surface area contributed by atoms with E-state index in [-0.39, 0.29) is 29.5 Å². The van der Waals surface area contributed by atoms with Crippen LogP contribution in [0.15, 0.2) is 53.4 Å². The largest absolute Gasteiger partial charge is 0.339 e. The highest BCUT2D eigenvalue weighted by molar-refractivity contribution is 7.92. The summed E-state index contributed by atoms with van der Waals surface area (Å²) in [4.78, 5) is 41.4. The first-order valence-electron chi connectivity index (χ1n) is 11.1. The van der Waals surface area contributed by atoms with Gasteiger partial charge in [-0.25, -0.2) is 8.42 Å². The summed E-state index contributed by atoms with van der Waals surface area (Å²) in [7, 11) is -4.28. The monoisotopic (exact) mass is 505 g/mol. The van der Waals surface area contributed by atoms with Crippen LogP contribution in [-0.2, 0) is 19.4 Å². The van der Waals surface area contributed by atoms with Crippen LogP contribution in [0.1, 0.15) is 35.7 Å². The van der Waals surface area contributed by atoms with Crippen LogP contribution < -0.4 is 5.32 Å². The second kappa shape index (κ2) is 11.0. The average molecular weight is 506 g/mol. The van der Waals surface area contributed by atoms with Gasteiger partial charge in [-0.1, -0.05) is 36.2 Å². The lowest BCUT2D eigenvalue weighted by molar-refractivity contribution is -0.139. The van der Waals surface area contributed by atoms with Gasteiger partial charge in [-0.05, 0) is 49.7 Å². The summed E-state index contributed by atoms with van der Waals surface area (Å²) >= 11 is 5.89. The van der Waals surface area contributed by atoms with E-state index in [2.05, 4.69) is 5.32 Å². The second-order valence-electron chi connectivity index (χ2n) is 8.18. The van der Waals surface area contributed by atoms with Crippen molar-refractivity contribution in [1.29, 1.82) is 0 Å². The van der Waals surface area contributed by atoms with Gasteiger partial charge in [-0.2, -0.15) is 0 Å². The number of benzene rings is 2. The van der Waals surface area contributed by atoms with Crippen LogP contribution in [0.2, 0.25) is 5.02 Å². The van der Waals surface area contributed by atoms with Crippen molar-refractivity contribution in [2.75, 3.05) is 26.2 Å². The van der Waals surface area contributed by atoms with Crippen LogP contribution in [0.3, 0.4) is 0 Å². The van der Waals surface area contributed by atoms with Gasteiger partial charge >= 0.3 is 0 Å². The molecular weight excluding hydrogens is 478 g/mol. The van der Waals surface area contributed by atoms with E-state index < -0.39 is 27.0 Å². The third-order valence-electron chi connectivity index (χ3n) is 5.63. The Hall–Kier alpha value is -2.91. The molecule has 3 rings (SSSR count). The number of hydrogen-bond donors (Lipinski definition) is 1. The molecule has 182 valence electrons. The average Bonchev–Trinajstić information content (AvgIpc) is 2.82. The van der Waals surface area contributed by atoms with Crippen LogP contribution in [-0.4, -0.2) is 67.5 Å². The SMILES string of the molecule is CCCC(=O)N1CCN(C(=O)[C@@H](NC(=O)c2cccc(C)c2)S(=O)(=O)c2ccc(Cl)cc2)CC1. The Bertz CT molecular complexity index is 1160. The highest BCUT2D eigenvalue weighted by Crippen LogP contribution is 2.21. The predicted molar refractivity (Wildman–Crippen MR) is 129 cm³/mol. The summed E-state index contributed by atoms with van der Waals surface area (Å²) < 4.78 is 26.9. The van der Waals surface area contributed by atoms with Crippen molar-refractivity contribution in [3.8, 4) is 0 Å². The molecule has 0 bridgehead atoms. The van der Waals surface area contributed by atoms with Crippen molar-refractivity contribution >= 4 is 39.2 Å². The standard InChI is InChI=1S/C24H28ClN3O5S/c1-3-5-21(29)27-12-14-28(15-13-27)24(31)23(26-22(30)18-7-4-6-17(2)16-18)34(32,33)20-10-8-19(25)9-11-20/h4,6-11,16,23H,3,5,12-15H2,1-2H3,(H,26,30)/t23-/m0/s1. The molecule has 1 aliphatic rings. The van der Waals surface area contributed by atoms with Gasteiger partial charge in [0.1, 0.15) is 0 Å². The summed E-state index contributed by atoms with van der Waals surface area (Å²) in [5.74, 6) is -1.40. The summed E-state index contributed by atoms with van der Waals surface area (Å²) in [6.45, 7) is 4.71. The van der Waals surface area contributed by atoms with E-state index in [0.29, 0.717) is 24.5 Å². The molecule has 2 aromatic rings. The van der Waals surface area contributed by atoms with E-state index in [1.165, 1.54) is 29.2 Å². The number of rotatable bonds is 7. The molecule has 8 nitrogen and oxygen atoms in total. The van der Waals surface area contributed by atoms with E-state index in [4.69, 9.17) is 11.6 Å². The minimum Gasteiger partial charge on any atom is -0.339 e. The van der Waals surface area contributed by atoms with Gasteiger partial charge < -0.3 is 15.1 Å². The summed E-state index contributed by atoms with van der Waals surface area (Å²) in [6, 6.07) is 12.1. The molecular formula is C24H28ClN3O5S. The van der Waals surface area contributed by atoms with E-state index in [1.54, 1.807) is 23.1 Å². The molecule has 0 radical (unpaired) electrons. The molecule has 0 aliphatic carbocycles. The number of piperazine rings is 1. The molecule has 0 saturated carbocycles. The Labute approximate surface area is 204 Å². The Morgan fingerprint density at radius 1 is 1.00 bits per heavy atom. The van der Waals surface area contributed by atoms with Crippen LogP contribution in [0, 0.1) is 6.92 Å². The van der Waals surface area contributed by atoms with Gasteiger partial charge in [0.2, 0.25) is 21.1 Å².